The van der Waals surface area contributed by atoms with Crippen LogP contribution in [0.2, 0.25) is 5.02 Å². The number of carbonyl (C=O) groups is 1. The van der Waals surface area contributed by atoms with Crippen LogP contribution in [0, 0.1) is 5.82 Å². The van der Waals surface area contributed by atoms with Gasteiger partial charge >= 0.3 is 5.97 Å². The van der Waals surface area contributed by atoms with E-state index in [2.05, 4.69) is 4.98 Å². The number of hydrogen-bond acceptors (Lipinski definition) is 5. The molecule has 0 aliphatic heterocycles. The molecule has 27 heavy (non-hydrogen) atoms. The predicted molar refractivity (Wildman–Crippen MR) is 95.1 cm³/mol. The predicted octanol–water partition coefficient (Wildman–Crippen LogP) is 3.08. The molecule has 0 bridgehead atoms. The maximum absolute atomic E-state index is 13.4. The van der Waals surface area contributed by atoms with Crippen LogP contribution in [-0.2, 0) is 21.2 Å². The van der Waals surface area contributed by atoms with Crippen LogP contribution >= 0.6 is 11.6 Å². The molecule has 3 aromatic rings. The highest BCUT2D eigenvalue weighted by atomic mass is 35.5. The number of primary sulfonamides is 1. The standard InChI is InChI=1S/C17H12ClFN2O5S/c18-12-7-10(3-6-13(12)19)17-16(21-14(26-17)8-15(22)23)9-1-4-11(5-2-9)27(20,24)25/h1-7H,8H2,(H,22,23)(H2,20,24,25). The first kappa shape index (κ1) is 19.0. The number of carboxylic acids is 1. The van der Waals surface area contributed by atoms with Gasteiger partial charge in [0.15, 0.2) is 5.76 Å². The third kappa shape index (κ3) is 4.16. The molecule has 0 aliphatic carbocycles. The molecule has 3 N–H and O–H groups in total. The zero-order valence-corrected chi connectivity index (χ0v) is 15.1. The van der Waals surface area contributed by atoms with Gasteiger partial charge in [-0.15, -0.1) is 0 Å². The van der Waals surface area contributed by atoms with Crippen LogP contribution in [0.25, 0.3) is 22.6 Å². The fourth-order valence-electron chi connectivity index (χ4n) is 2.40. The monoisotopic (exact) mass is 410 g/mol. The van der Waals surface area contributed by atoms with Gasteiger partial charge in [-0.3, -0.25) is 4.79 Å². The van der Waals surface area contributed by atoms with Gasteiger partial charge in [0, 0.05) is 11.1 Å². The summed E-state index contributed by atoms with van der Waals surface area (Å²) in [5.74, 6) is -1.65. The first-order chi connectivity index (χ1) is 12.6. The summed E-state index contributed by atoms with van der Waals surface area (Å²) >= 11 is 5.81. The Balaban J connectivity index is 2.14. The second-order valence-corrected chi connectivity index (χ2v) is 7.52. The van der Waals surface area contributed by atoms with E-state index in [1.165, 1.54) is 36.4 Å². The van der Waals surface area contributed by atoms with Gasteiger partial charge < -0.3 is 9.52 Å². The number of halogens is 2. The van der Waals surface area contributed by atoms with Gasteiger partial charge in [-0.25, -0.2) is 22.9 Å². The second-order valence-electron chi connectivity index (χ2n) is 5.55. The third-order valence-corrected chi connectivity index (χ3v) is 4.83. The molecule has 1 aromatic heterocycles. The Morgan fingerprint density at radius 1 is 1.19 bits per heavy atom. The Morgan fingerprint density at radius 2 is 1.81 bits per heavy atom. The molecule has 140 valence electrons. The van der Waals surface area contributed by atoms with Crippen molar-refractivity contribution in [3.8, 4) is 22.6 Å². The van der Waals surface area contributed by atoms with Crippen LogP contribution in [0.3, 0.4) is 0 Å². The summed E-state index contributed by atoms with van der Waals surface area (Å²) in [7, 11) is -3.87. The van der Waals surface area contributed by atoms with Crippen molar-refractivity contribution >= 4 is 27.6 Å². The van der Waals surface area contributed by atoms with Crippen molar-refractivity contribution < 1.29 is 27.1 Å². The molecular formula is C17H12ClFN2O5S. The fraction of sp³-hybridized carbons (Fsp3) is 0.0588. The van der Waals surface area contributed by atoms with Crippen LogP contribution in [0.4, 0.5) is 4.39 Å². The largest absolute Gasteiger partial charge is 0.481 e. The summed E-state index contributed by atoms with van der Waals surface area (Å²) in [5.41, 5.74) is 1.10. The number of benzene rings is 2. The highest BCUT2D eigenvalue weighted by Gasteiger charge is 2.20. The molecule has 0 amide bonds. The van der Waals surface area contributed by atoms with Crippen molar-refractivity contribution in [1.82, 2.24) is 4.98 Å². The Hall–Kier alpha value is -2.75. The van der Waals surface area contributed by atoms with Gasteiger partial charge in [-0.1, -0.05) is 23.7 Å². The zero-order chi connectivity index (χ0) is 19.8. The number of aliphatic carboxylic acids is 1. The SMILES string of the molecule is NS(=O)(=O)c1ccc(-c2nc(CC(=O)O)oc2-c2ccc(F)c(Cl)c2)cc1. The summed E-state index contributed by atoms with van der Waals surface area (Å²) in [6.07, 6.45) is -0.461. The highest BCUT2D eigenvalue weighted by Crippen LogP contribution is 2.35. The Labute approximate surface area is 158 Å². The first-order valence-electron chi connectivity index (χ1n) is 7.45. The summed E-state index contributed by atoms with van der Waals surface area (Å²) in [5, 5.41) is 13.9. The smallest absolute Gasteiger partial charge is 0.312 e. The van der Waals surface area contributed by atoms with Crippen LogP contribution in [0.1, 0.15) is 5.89 Å². The van der Waals surface area contributed by atoms with E-state index in [4.69, 9.17) is 26.3 Å². The normalized spacial score (nSPS) is 11.5. The molecule has 0 saturated heterocycles. The molecule has 0 saturated carbocycles. The van der Waals surface area contributed by atoms with Gasteiger partial charge in [0.05, 0.1) is 9.92 Å². The lowest BCUT2D eigenvalue weighted by molar-refractivity contribution is -0.136. The quantitative estimate of drug-likeness (QED) is 0.666. The minimum absolute atomic E-state index is 0.0662. The molecular weight excluding hydrogens is 399 g/mol. The van der Waals surface area contributed by atoms with Crippen LogP contribution < -0.4 is 5.14 Å². The van der Waals surface area contributed by atoms with Gasteiger partial charge in [-0.2, -0.15) is 0 Å². The third-order valence-electron chi connectivity index (χ3n) is 3.61. The topological polar surface area (TPSA) is 123 Å². The number of sulfonamides is 1. The number of carboxylic acid groups (broad SMARTS) is 1. The van der Waals surface area contributed by atoms with E-state index >= 15 is 0 Å². The van der Waals surface area contributed by atoms with Crippen molar-refractivity contribution in [3.63, 3.8) is 0 Å². The summed E-state index contributed by atoms with van der Waals surface area (Å²) in [6.45, 7) is 0. The summed E-state index contributed by atoms with van der Waals surface area (Å²) in [6, 6.07) is 9.37. The van der Waals surface area contributed by atoms with E-state index in [0.29, 0.717) is 11.1 Å². The minimum atomic E-state index is -3.87. The number of nitrogens with zero attached hydrogens (tertiary/aromatic N) is 1. The molecule has 2 aromatic carbocycles. The van der Waals surface area contributed by atoms with E-state index in [-0.39, 0.29) is 27.3 Å². The number of hydrogen-bond donors (Lipinski definition) is 2. The summed E-state index contributed by atoms with van der Waals surface area (Å²) in [4.78, 5) is 15.0. The molecule has 0 spiro atoms. The lowest BCUT2D eigenvalue weighted by Gasteiger charge is -2.04. The van der Waals surface area contributed by atoms with E-state index in [1.54, 1.807) is 0 Å². The molecule has 0 radical (unpaired) electrons. The first-order valence-corrected chi connectivity index (χ1v) is 9.38. The van der Waals surface area contributed by atoms with Crippen LogP contribution in [-0.4, -0.2) is 24.5 Å². The minimum Gasteiger partial charge on any atom is -0.481 e. The Bertz CT molecular complexity index is 1130. The maximum Gasteiger partial charge on any atom is 0.312 e. The lowest BCUT2D eigenvalue weighted by atomic mass is 10.1. The van der Waals surface area contributed by atoms with Crippen molar-refractivity contribution in [3.05, 3.63) is 59.2 Å². The van der Waals surface area contributed by atoms with Crippen molar-refractivity contribution in [2.24, 2.45) is 5.14 Å². The van der Waals surface area contributed by atoms with Crippen LogP contribution in [0.5, 0.6) is 0 Å². The average molecular weight is 411 g/mol. The van der Waals surface area contributed by atoms with E-state index in [9.17, 15) is 17.6 Å². The van der Waals surface area contributed by atoms with E-state index in [0.717, 1.165) is 6.07 Å². The Morgan fingerprint density at radius 3 is 2.37 bits per heavy atom. The molecule has 3 rings (SSSR count). The molecule has 10 heteroatoms. The number of oxazole rings is 1. The fourth-order valence-corrected chi connectivity index (χ4v) is 3.10. The van der Waals surface area contributed by atoms with Crippen LogP contribution in [0.15, 0.2) is 51.8 Å². The Kier molecular flexibility index (Phi) is 5.01. The highest BCUT2D eigenvalue weighted by molar-refractivity contribution is 7.89. The zero-order valence-electron chi connectivity index (χ0n) is 13.5. The van der Waals surface area contributed by atoms with E-state index < -0.39 is 28.2 Å². The molecule has 0 atom stereocenters. The average Bonchev–Trinajstić information content (AvgIpc) is 2.99. The van der Waals surface area contributed by atoms with Gasteiger partial charge in [0.2, 0.25) is 15.9 Å². The molecule has 0 aliphatic rings. The lowest BCUT2D eigenvalue weighted by Crippen LogP contribution is -2.11. The van der Waals surface area contributed by atoms with Gasteiger partial charge in [-0.05, 0) is 30.3 Å². The van der Waals surface area contributed by atoms with Crippen molar-refractivity contribution in [2.75, 3.05) is 0 Å². The van der Waals surface area contributed by atoms with Crippen molar-refractivity contribution in [1.29, 1.82) is 0 Å². The summed E-state index contributed by atoms with van der Waals surface area (Å²) < 4.78 is 41.8. The van der Waals surface area contributed by atoms with Crippen molar-refractivity contribution in [2.45, 2.75) is 11.3 Å². The molecule has 0 unspecified atom stereocenters. The van der Waals surface area contributed by atoms with Gasteiger partial charge in [0.25, 0.3) is 0 Å². The van der Waals surface area contributed by atoms with Gasteiger partial charge in [0.1, 0.15) is 17.9 Å². The number of rotatable bonds is 5. The number of aromatic nitrogens is 1. The maximum atomic E-state index is 13.4. The second kappa shape index (κ2) is 7.10. The molecule has 7 nitrogen and oxygen atoms in total. The molecule has 0 fully saturated rings. The van der Waals surface area contributed by atoms with E-state index in [1.807, 2.05) is 0 Å². The molecule has 1 heterocycles. The number of nitrogens with two attached hydrogens (primary N) is 1.